The summed E-state index contributed by atoms with van der Waals surface area (Å²) in [6.07, 6.45) is 14.3. The van der Waals surface area contributed by atoms with Crippen LogP contribution in [0.15, 0.2) is 12.3 Å². The summed E-state index contributed by atoms with van der Waals surface area (Å²) in [5.41, 5.74) is 0. The normalized spacial score (nSPS) is 11.1. The molecule has 0 bridgehead atoms. The van der Waals surface area contributed by atoms with Crippen LogP contribution in [0.3, 0.4) is 0 Å². The molecule has 90 valence electrons. The molecule has 0 N–H and O–H groups in total. The van der Waals surface area contributed by atoms with E-state index in [4.69, 9.17) is 9.47 Å². The molecule has 2 nitrogen and oxygen atoms in total. The molecular weight excluding hydrogens is 188 g/mol. The average Bonchev–Trinajstić information content (AvgIpc) is 2.26. The zero-order chi connectivity index (χ0) is 11.2. The van der Waals surface area contributed by atoms with Crippen molar-refractivity contribution in [1.29, 1.82) is 0 Å². The third-order valence-corrected chi connectivity index (χ3v) is 2.45. The molecule has 0 aromatic rings. The lowest BCUT2D eigenvalue weighted by Gasteiger charge is -2.00. The van der Waals surface area contributed by atoms with Gasteiger partial charge in [0.2, 0.25) is 0 Å². The Morgan fingerprint density at radius 1 is 0.800 bits per heavy atom. The lowest BCUT2D eigenvalue weighted by atomic mass is 10.1. The molecule has 0 saturated carbocycles. The van der Waals surface area contributed by atoms with Crippen molar-refractivity contribution in [2.24, 2.45) is 0 Å². The summed E-state index contributed by atoms with van der Waals surface area (Å²) in [5.74, 6) is 0. The van der Waals surface area contributed by atoms with Gasteiger partial charge in [0, 0.05) is 13.7 Å². The van der Waals surface area contributed by atoms with Gasteiger partial charge in [-0.3, -0.25) is 0 Å². The Hall–Kier alpha value is -0.500. The van der Waals surface area contributed by atoms with E-state index in [1.54, 1.807) is 20.5 Å². The van der Waals surface area contributed by atoms with Gasteiger partial charge in [0.15, 0.2) is 0 Å². The van der Waals surface area contributed by atoms with Gasteiger partial charge in [-0.25, -0.2) is 0 Å². The zero-order valence-electron chi connectivity index (χ0n) is 10.3. The molecule has 0 saturated heterocycles. The van der Waals surface area contributed by atoms with Crippen LogP contribution in [0.2, 0.25) is 0 Å². The van der Waals surface area contributed by atoms with Crippen molar-refractivity contribution in [3.63, 3.8) is 0 Å². The quantitative estimate of drug-likeness (QED) is 0.383. The molecule has 0 aromatic carbocycles. The van der Waals surface area contributed by atoms with Crippen molar-refractivity contribution in [1.82, 2.24) is 0 Å². The number of hydrogen-bond donors (Lipinski definition) is 0. The van der Waals surface area contributed by atoms with Crippen LogP contribution in [-0.4, -0.2) is 20.8 Å². The minimum Gasteiger partial charge on any atom is -0.505 e. The van der Waals surface area contributed by atoms with Gasteiger partial charge in [-0.05, 0) is 25.3 Å². The van der Waals surface area contributed by atoms with Gasteiger partial charge in [-0.1, -0.05) is 32.1 Å². The van der Waals surface area contributed by atoms with Crippen molar-refractivity contribution in [3.05, 3.63) is 12.3 Å². The fraction of sp³-hybridized carbons (Fsp3) is 0.846. The second kappa shape index (κ2) is 13.5. The Balaban J connectivity index is 2.89. The van der Waals surface area contributed by atoms with Crippen molar-refractivity contribution >= 4 is 0 Å². The third kappa shape index (κ3) is 13.5. The molecule has 0 aliphatic rings. The first-order valence-corrected chi connectivity index (χ1v) is 6.08. The number of rotatable bonds is 11. The first-order valence-electron chi connectivity index (χ1n) is 6.08. The van der Waals surface area contributed by atoms with Crippen LogP contribution >= 0.6 is 0 Å². The smallest absolute Gasteiger partial charge is 0.0784 e. The van der Waals surface area contributed by atoms with Gasteiger partial charge in [0.05, 0.1) is 13.4 Å². The first-order chi connectivity index (χ1) is 7.41. The summed E-state index contributed by atoms with van der Waals surface area (Å²) in [4.78, 5) is 0. The predicted molar refractivity (Wildman–Crippen MR) is 65.0 cm³/mol. The molecule has 0 radical (unpaired) electrons. The molecule has 0 spiro atoms. The second-order valence-corrected chi connectivity index (χ2v) is 3.86. The summed E-state index contributed by atoms with van der Waals surface area (Å²) in [6, 6.07) is 0. The monoisotopic (exact) mass is 214 g/mol. The van der Waals surface area contributed by atoms with E-state index in [2.05, 4.69) is 6.08 Å². The van der Waals surface area contributed by atoms with Gasteiger partial charge in [-0.15, -0.1) is 0 Å². The Bertz CT molecular complexity index is 132. The number of hydrogen-bond acceptors (Lipinski definition) is 2. The molecule has 0 unspecified atom stereocenters. The van der Waals surface area contributed by atoms with E-state index in [9.17, 15) is 0 Å². The number of allylic oxidation sites excluding steroid dienone is 1. The van der Waals surface area contributed by atoms with E-state index in [0.717, 1.165) is 13.0 Å². The van der Waals surface area contributed by atoms with E-state index in [-0.39, 0.29) is 0 Å². The van der Waals surface area contributed by atoms with Crippen LogP contribution in [0.4, 0.5) is 0 Å². The Kier molecular flexibility index (Phi) is 13.1. The van der Waals surface area contributed by atoms with Gasteiger partial charge in [0.1, 0.15) is 0 Å². The number of unbranched alkanes of at least 4 members (excludes halogenated alkanes) is 7. The van der Waals surface area contributed by atoms with Crippen molar-refractivity contribution in [2.45, 2.75) is 51.4 Å². The van der Waals surface area contributed by atoms with Crippen LogP contribution < -0.4 is 0 Å². The van der Waals surface area contributed by atoms with E-state index in [0.29, 0.717) is 0 Å². The number of methoxy groups -OCH3 is 2. The number of ether oxygens (including phenoxy) is 2. The molecule has 0 aliphatic carbocycles. The van der Waals surface area contributed by atoms with E-state index in [1.165, 1.54) is 44.9 Å². The maximum atomic E-state index is 5.01. The summed E-state index contributed by atoms with van der Waals surface area (Å²) in [7, 11) is 3.46. The minimum absolute atomic E-state index is 0.918. The van der Waals surface area contributed by atoms with E-state index >= 15 is 0 Å². The summed E-state index contributed by atoms with van der Waals surface area (Å²) >= 11 is 0. The second-order valence-electron chi connectivity index (χ2n) is 3.86. The molecule has 0 fully saturated rings. The van der Waals surface area contributed by atoms with Gasteiger partial charge < -0.3 is 9.47 Å². The highest BCUT2D eigenvalue weighted by molar-refractivity contribution is 4.72. The van der Waals surface area contributed by atoms with Crippen molar-refractivity contribution in [2.75, 3.05) is 20.8 Å². The van der Waals surface area contributed by atoms with E-state index in [1.807, 2.05) is 0 Å². The molecule has 0 atom stereocenters. The fourth-order valence-electron chi connectivity index (χ4n) is 1.56. The van der Waals surface area contributed by atoms with Gasteiger partial charge >= 0.3 is 0 Å². The molecular formula is C13H26O2. The highest BCUT2D eigenvalue weighted by atomic mass is 16.5. The lowest BCUT2D eigenvalue weighted by Crippen LogP contribution is -1.88. The minimum atomic E-state index is 0.918. The van der Waals surface area contributed by atoms with Crippen molar-refractivity contribution in [3.8, 4) is 0 Å². The SMILES string of the molecule is CO/C=C/CCCCCCCCCOC. The molecule has 2 heteroatoms. The maximum Gasteiger partial charge on any atom is 0.0784 e. The molecule has 0 aromatic heterocycles. The Morgan fingerprint density at radius 2 is 1.40 bits per heavy atom. The van der Waals surface area contributed by atoms with Gasteiger partial charge in [-0.2, -0.15) is 0 Å². The van der Waals surface area contributed by atoms with Crippen LogP contribution in [0.5, 0.6) is 0 Å². The molecule has 0 heterocycles. The Morgan fingerprint density at radius 3 is 2.00 bits per heavy atom. The molecule has 15 heavy (non-hydrogen) atoms. The van der Waals surface area contributed by atoms with Crippen LogP contribution in [-0.2, 0) is 9.47 Å². The predicted octanol–water partition coefficient (Wildman–Crippen LogP) is 3.91. The lowest BCUT2D eigenvalue weighted by molar-refractivity contribution is 0.192. The highest BCUT2D eigenvalue weighted by Crippen LogP contribution is 2.08. The highest BCUT2D eigenvalue weighted by Gasteiger charge is 1.90. The van der Waals surface area contributed by atoms with Crippen LogP contribution in [0.25, 0.3) is 0 Å². The standard InChI is InChI=1S/C13H26O2/c1-14-12-10-8-6-4-3-5-7-9-11-13-15-2/h10,12H,3-9,11,13H2,1-2H3/b12-10+. The summed E-state index contributed by atoms with van der Waals surface area (Å²) < 4.78 is 9.84. The van der Waals surface area contributed by atoms with Gasteiger partial charge in [0.25, 0.3) is 0 Å². The van der Waals surface area contributed by atoms with Crippen LogP contribution in [0.1, 0.15) is 51.4 Å². The Labute approximate surface area is 94.7 Å². The maximum absolute atomic E-state index is 5.01. The summed E-state index contributed by atoms with van der Waals surface area (Å²) in [5, 5.41) is 0. The third-order valence-electron chi connectivity index (χ3n) is 2.45. The molecule has 0 rings (SSSR count). The van der Waals surface area contributed by atoms with Crippen molar-refractivity contribution < 1.29 is 9.47 Å². The topological polar surface area (TPSA) is 18.5 Å². The average molecular weight is 214 g/mol. The first kappa shape index (κ1) is 14.5. The largest absolute Gasteiger partial charge is 0.505 e. The summed E-state index contributed by atoms with van der Waals surface area (Å²) in [6.45, 7) is 0.918. The molecule has 0 amide bonds. The van der Waals surface area contributed by atoms with E-state index < -0.39 is 0 Å². The zero-order valence-corrected chi connectivity index (χ0v) is 10.3. The van der Waals surface area contributed by atoms with Crippen LogP contribution in [0, 0.1) is 0 Å². The fourth-order valence-corrected chi connectivity index (χ4v) is 1.56. The molecule has 0 aliphatic heterocycles.